The summed E-state index contributed by atoms with van der Waals surface area (Å²) in [5.41, 5.74) is 7.91. The third kappa shape index (κ3) is 2.89. The van der Waals surface area contributed by atoms with Gasteiger partial charge in [-0.2, -0.15) is 0 Å². The highest BCUT2D eigenvalue weighted by atomic mass is 32.1. The van der Waals surface area contributed by atoms with Crippen LogP contribution in [0.15, 0.2) is 24.3 Å². The molecule has 0 atom stereocenters. The molecule has 96 valence electrons. The molecule has 0 bridgehead atoms. The van der Waals surface area contributed by atoms with E-state index in [1.54, 1.807) is 11.3 Å². The van der Waals surface area contributed by atoms with Crippen molar-refractivity contribution in [2.45, 2.75) is 26.8 Å². The molecule has 0 fully saturated rings. The van der Waals surface area contributed by atoms with Crippen LogP contribution in [0.25, 0.3) is 0 Å². The van der Waals surface area contributed by atoms with Crippen LogP contribution in [0.5, 0.6) is 5.75 Å². The predicted octanol–water partition coefficient (Wildman–Crippen LogP) is 2.90. The van der Waals surface area contributed by atoms with E-state index in [1.165, 1.54) is 10.4 Å². The number of nitrogens with zero attached hydrogens (tertiary/aromatic N) is 1. The van der Waals surface area contributed by atoms with Crippen LogP contribution in [-0.2, 0) is 13.0 Å². The first kappa shape index (κ1) is 13.1. The lowest BCUT2D eigenvalue weighted by Crippen LogP contribution is -1.97. The van der Waals surface area contributed by atoms with Crippen molar-refractivity contribution in [1.82, 2.24) is 4.98 Å². The lowest BCUT2D eigenvalue weighted by atomic mass is 10.1. The number of hydrogen-bond acceptors (Lipinski definition) is 4. The number of para-hydroxylation sites is 1. The van der Waals surface area contributed by atoms with E-state index < -0.39 is 0 Å². The Kier molecular flexibility index (Phi) is 4.33. The van der Waals surface area contributed by atoms with Gasteiger partial charge in [0, 0.05) is 17.8 Å². The quantitative estimate of drug-likeness (QED) is 0.901. The Morgan fingerprint density at radius 3 is 2.78 bits per heavy atom. The molecular formula is C14H18N2OS. The zero-order valence-electron chi connectivity index (χ0n) is 10.8. The summed E-state index contributed by atoms with van der Waals surface area (Å²) in [6.45, 7) is 5.24. The highest BCUT2D eigenvalue weighted by molar-refractivity contribution is 7.11. The van der Waals surface area contributed by atoms with Crippen molar-refractivity contribution >= 4 is 11.3 Å². The van der Waals surface area contributed by atoms with Crippen molar-refractivity contribution in [3.05, 3.63) is 45.4 Å². The van der Waals surface area contributed by atoms with E-state index in [2.05, 4.69) is 11.1 Å². The highest BCUT2D eigenvalue weighted by Gasteiger charge is 2.10. The van der Waals surface area contributed by atoms with Crippen molar-refractivity contribution in [3.8, 4) is 5.75 Å². The van der Waals surface area contributed by atoms with Gasteiger partial charge >= 0.3 is 0 Å². The smallest absolute Gasteiger partial charge is 0.122 e. The molecule has 0 aliphatic heterocycles. The average Bonchev–Trinajstić information content (AvgIpc) is 2.73. The summed E-state index contributed by atoms with van der Waals surface area (Å²) >= 11 is 1.69. The van der Waals surface area contributed by atoms with Gasteiger partial charge in [-0.25, -0.2) is 4.98 Å². The molecule has 2 aromatic rings. The van der Waals surface area contributed by atoms with Crippen molar-refractivity contribution in [2.75, 3.05) is 6.61 Å². The van der Waals surface area contributed by atoms with Gasteiger partial charge in [0.05, 0.1) is 12.3 Å². The molecule has 0 unspecified atom stereocenters. The molecule has 0 saturated heterocycles. The SMILES string of the molecule is CCOc1ccccc1Cc1sc(CN)nc1C. The molecular weight excluding hydrogens is 244 g/mol. The fourth-order valence-corrected chi connectivity index (χ4v) is 2.83. The second-order valence-corrected chi connectivity index (χ2v) is 5.21. The second kappa shape index (κ2) is 5.98. The number of hydrogen-bond donors (Lipinski definition) is 1. The van der Waals surface area contributed by atoms with E-state index in [4.69, 9.17) is 10.5 Å². The van der Waals surface area contributed by atoms with Gasteiger partial charge in [-0.1, -0.05) is 18.2 Å². The maximum Gasteiger partial charge on any atom is 0.122 e. The summed E-state index contributed by atoms with van der Waals surface area (Å²) < 4.78 is 5.64. The zero-order chi connectivity index (χ0) is 13.0. The normalized spacial score (nSPS) is 10.6. The molecule has 2 rings (SSSR count). The Bertz CT molecular complexity index is 522. The summed E-state index contributed by atoms with van der Waals surface area (Å²) in [5.74, 6) is 0.960. The average molecular weight is 262 g/mol. The zero-order valence-corrected chi connectivity index (χ0v) is 11.6. The first-order valence-corrected chi connectivity index (χ1v) is 6.92. The van der Waals surface area contributed by atoms with Gasteiger partial charge in [-0.3, -0.25) is 0 Å². The second-order valence-electron chi connectivity index (χ2n) is 4.04. The minimum atomic E-state index is 0.513. The molecule has 0 aliphatic rings. The third-order valence-corrected chi connectivity index (χ3v) is 3.91. The van der Waals surface area contributed by atoms with Crippen LogP contribution < -0.4 is 10.5 Å². The van der Waals surface area contributed by atoms with Gasteiger partial charge in [0.2, 0.25) is 0 Å². The molecule has 3 nitrogen and oxygen atoms in total. The summed E-state index contributed by atoms with van der Waals surface area (Å²) in [7, 11) is 0. The van der Waals surface area contributed by atoms with Gasteiger partial charge < -0.3 is 10.5 Å². The predicted molar refractivity (Wildman–Crippen MR) is 75.2 cm³/mol. The molecule has 18 heavy (non-hydrogen) atoms. The van der Waals surface area contributed by atoms with E-state index in [1.807, 2.05) is 32.0 Å². The minimum absolute atomic E-state index is 0.513. The molecule has 0 amide bonds. The molecule has 0 aliphatic carbocycles. The van der Waals surface area contributed by atoms with Crippen LogP contribution in [0, 0.1) is 6.92 Å². The van der Waals surface area contributed by atoms with Gasteiger partial charge in [0.15, 0.2) is 0 Å². The van der Waals surface area contributed by atoms with Gasteiger partial charge in [-0.05, 0) is 25.5 Å². The summed E-state index contributed by atoms with van der Waals surface area (Å²) in [5, 5.41) is 0.997. The maximum atomic E-state index is 5.64. The number of nitrogens with two attached hydrogens (primary N) is 1. The third-order valence-electron chi connectivity index (χ3n) is 2.74. The van der Waals surface area contributed by atoms with E-state index in [-0.39, 0.29) is 0 Å². The lowest BCUT2D eigenvalue weighted by molar-refractivity contribution is 0.337. The standard InChI is InChI=1S/C14H18N2OS/c1-3-17-12-7-5-4-6-11(12)8-13-10(2)16-14(9-15)18-13/h4-7H,3,8-9,15H2,1-2H3. The van der Waals surface area contributed by atoms with E-state index in [0.717, 1.165) is 22.9 Å². The largest absolute Gasteiger partial charge is 0.494 e. The summed E-state index contributed by atoms with van der Waals surface area (Å²) in [6.07, 6.45) is 0.861. The Morgan fingerprint density at radius 2 is 2.11 bits per heavy atom. The minimum Gasteiger partial charge on any atom is -0.494 e. The van der Waals surface area contributed by atoms with Crippen LogP contribution in [0.1, 0.15) is 28.1 Å². The number of ether oxygens (including phenoxy) is 1. The Balaban J connectivity index is 2.24. The first-order valence-electron chi connectivity index (χ1n) is 6.10. The molecule has 0 spiro atoms. The molecule has 0 saturated carbocycles. The summed E-state index contributed by atoms with van der Waals surface area (Å²) in [6, 6.07) is 8.16. The number of benzene rings is 1. The molecule has 0 radical (unpaired) electrons. The first-order chi connectivity index (χ1) is 8.74. The molecule has 2 N–H and O–H groups in total. The van der Waals surface area contributed by atoms with E-state index >= 15 is 0 Å². The van der Waals surface area contributed by atoms with Crippen LogP contribution in [0.3, 0.4) is 0 Å². The van der Waals surface area contributed by atoms with E-state index in [9.17, 15) is 0 Å². The highest BCUT2D eigenvalue weighted by Crippen LogP contribution is 2.26. The van der Waals surface area contributed by atoms with Crippen LogP contribution in [-0.4, -0.2) is 11.6 Å². The van der Waals surface area contributed by atoms with Crippen LogP contribution in [0.4, 0.5) is 0 Å². The Hall–Kier alpha value is -1.39. The Labute approximate surface area is 112 Å². The van der Waals surface area contributed by atoms with Crippen molar-refractivity contribution in [2.24, 2.45) is 5.73 Å². The van der Waals surface area contributed by atoms with Crippen LogP contribution >= 0.6 is 11.3 Å². The maximum absolute atomic E-state index is 5.64. The number of aromatic nitrogens is 1. The molecule has 4 heteroatoms. The van der Waals surface area contributed by atoms with Crippen molar-refractivity contribution in [1.29, 1.82) is 0 Å². The van der Waals surface area contributed by atoms with Crippen LogP contribution in [0.2, 0.25) is 0 Å². The monoisotopic (exact) mass is 262 g/mol. The number of aryl methyl sites for hydroxylation is 1. The van der Waals surface area contributed by atoms with E-state index in [0.29, 0.717) is 13.2 Å². The van der Waals surface area contributed by atoms with Gasteiger partial charge in [0.25, 0.3) is 0 Å². The fourth-order valence-electron chi connectivity index (χ4n) is 1.86. The van der Waals surface area contributed by atoms with Gasteiger partial charge in [-0.15, -0.1) is 11.3 Å². The fraction of sp³-hybridized carbons (Fsp3) is 0.357. The number of thiazole rings is 1. The topological polar surface area (TPSA) is 48.1 Å². The molecule has 1 aromatic carbocycles. The lowest BCUT2D eigenvalue weighted by Gasteiger charge is -2.09. The van der Waals surface area contributed by atoms with Crippen molar-refractivity contribution < 1.29 is 4.74 Å². The number of rotatable bonds is 5. The molecule has 1 heterocycles. The van der Waals surface area contributed by atoms with Crippen molar-refractivity contribution in [3.63, 3.8) is 0 Å². The summed E-state index contributed by atoms with van der Waals surface area (Å²) in [4.78, 5) is 5.72. The van der Waals surface area contributed by atoms with Gasteiger partial charge in [0.1, 0.15) is 10.8 Å². The molecule has 1 aromatic heterocycles. The Morgan fingerprint density at radius 1 is 1.33 bits per heavy atom.